The van der Waals surface area contributed by atoms with Crippen LogP contribution in [0.25, 0.3) is 0 Å². The molecular formula is C14H21N3O2. The number of nitrogens with one attached hydrogen (secondary N) is 1. The van der Waals surface area contributed by atoms with E-state index in [4.69, 9.17) is 9.26 Å². The van der Waals surface area contributed by atoms with Gasteiger partial charge in [-0.15, -0.1) is 0 Å². The van der Waals surface area contributed by atoms with Gasteiger partial charge in [-0.1, -0.05) is 18.0 Å². The Bertz CT molecular complexity index is 428. The van der Waals surface area contributed by atoms with Gasteiger partial charge in [-0.05, 0) is 38.0 Å². The van der Waals surface area contributed by atoms with Crippen molar-refractivity contribution in [2.24, 2.45) is 5.92 Å². The molecule has 1 N–H and O–H groups in total. The van der Waals surface area contributed by atoms with Crippen molar-refractivity contribution in [1.29, 1.82) is 0 Å². The van der Waals surface area contributed by atoms with Crippen LogP contribution in [0.3, 0.4) is 0 Å². The summed E-state index contributed by atoms with van der Waals surface area (Å²) in [5.41, 5.74) is 0. The summed E-state index contributed by atoms with van der Waals surface area (Å²) in [7, 11) is 0. The lowest BCUT2D eigenvalue weighted by Gasteiger charge is -2.24. The van der Waals surface area contributed by atoms with E-state index in [2.05, 4.69) is 15.5 Å². The van der Waals surface area contributed by atoms with Crippen LogP contribution in [0.2, 0.25) is 0 Å². The second-order valence-corrected chi connectivity index (χ2v) is 6.10. The maximum absolute atomic E-state index is 5.60. The van der Waals surface area contributed by atoms with Crippen LogP contribution >= 0.6 is 0 Å². The molecule has 104 valence electrons. The lowest BCUT2D eigenvalue weighted by atomic mass is 9.85. The zero-order valence-electron chi connectivity index (χ0n) is 11.2. The van der Waals surface area contributed by atoms with Gasteiger partial charge >= 0.3 is 0 Å². The first-order valence-electron chi connectivity index (χ1n) is 7.61. The second kappa shape index (κ2) is 4.87. The summed E-state index contributed by atoms with van der Waals surface area (Å²) in [6.07, 6.45) is 8.70. The van der Waals surface area contributed by atoms with Crippen molar-refractivity contribution in [2.45, 2.75) is 63.1 Å². The van der Waals surface area contributed by atoms with Gasteiger partial charge in [-0.25, -0.2) is 0 Å². The van der Waals surface area contributed by atoms with Gasteiger partial charge in [0, 0.05) is 12.6 Å². The van der Waals surface area contributed by atoms with Crippen LogP contribution < -0.4 is 5.32 Å². The van der Waals surface area contributed by atoms with E-state index < -0.39 is 0 Å². The third kappa shape index (κ3) is 2.19. The topological polar surface area (TPSA) is 60.2 Å². The largest absolute Gasteiger partial charge is 0.370 e. The van der Waals surface area contributed by atoms with E-state index in [0.29, 0.717) is 6.04 Å². The number of hydrogen-bond acceptors (Lipinski definition) is 5. The van der Waals surface area contributed by atoms with E-state index in [1.54, 1.807) is 0 Å². The highest BCUT2D eigenvalue weighted by atomic mass is 16.5. The minimum absolute atomic E-state index is 0.0566. The summed E-state index contributed by atoms with van der Waals surface area (Å²) < 4.78 is 11.1. The first-order valence-corrected chi connectivity index (χ1v) is 7.61. The second-order valence-electron chi connectivity index (χ2n) is 6.10. The van der Waals surface area contributed by atoms with Gasteiger partial charge in [0.2, 0.25) is 11.7 Å². The summed E-state index contributed by atoms with van der Waals surface area (Å²) >= 11 is 0. The molecule has 1 saturated carbocycles. The molecule has 3 heterocycles. The maximum Gasteiger partial charge on any atom is 0.243 e. The van der Waals surface area contributed by atoms with E-state index in [1.165, 1.54) is 25.7 Å². The molecule has 4 atom stereocenters. The molecule has 0 bridgehead atoms. The van der Waals surface area contributed by atoms with Crippen LogP contribution in [-0.4, -0.2) is 22.8 Å². The van der Waals surface area contributed by atoms with Gasteiger partial charge in [-0.2, -0.15) is 4.98 Å². The Balaban J connectivity index is 1.47. The fourth-order valence-corrected chi connectivity index (χ4v) is 3.81. The highest BCUT2D eigenvalue weighted by Crippen LogP contribution is 2.39. The molecule has 1 aliphatic carbocycles. The van der Waals surface area contributed by atoms with Gasteiger partial charge in [0.05, 0.1) is 6.04 Å². The minimum atomic E-state index is 0.0566. The fraction of sp³-hybridized carbons (Fsp3) is 0.857. The van der Waals surface area contributed by atoms with Gasteiger partial charge in [0.25, 0.3) is 0 Å². The lowest BCUT2D eigenvalue weighted by molar-refractivity contribution is 0.103. The molecule has 1 aromatic heterocycles. The molecule has 5 nitrogen and oxygen atoms in total. The highest BCUT2D eigenvalue weighted by Gasteiger charge is 2.38. The summed E-state index contributed by atoms with van der Waals surface area (Å²) in [6, 6.07) is 0.924. The SMILES string of the molecule is C1COC(c2noc(C3CC4CCCCC4N3)n2)C1. The number of fused-ring (bicyclic) bond motifs is 1. The molecule has 4 rings (SSSR count). The Hall–Kier alpha value is -0.940. The fourth-order valence-electron chi connectivity index (χ4n) is 3.81. The third-order valence-corrected chi connectivity index (χ3v) is 4.84. The smallest absolute Gasteiger partial charge is 0.243 e. The van der Waals surface area contributed by atoms with Crippen molar-refractivity contribution in [3.63, 3.8) is 0 Å². The third-order valence-electron chi connectivity index (χ3n) is 4.84. The Labute approximate surface area is 113 Å². The van der Waals surface area contributed by atoms with Crippen LogP contribution in [0.5, 0.6) is 0 Å². The van der Waals surface area contributed by atoms with Gasteiger partial charge in [0.1, 0.15) is 6.10 Å². The number of rotatable bonds is 2. The van der Waals surface area contributed by atoms with Crippen LogP contribution in [0.4, 0.5) is 0 Å². The molecule has 3 fully saturated rings. The normalized spacial score (nSPS) is 38.5. The molecule has 2 aliphatic heterocycles. The first-order chi connectivity index (χ1) is 9.40. The van der Waals surface area contributed by atoms with Crippen LogP contribution in [0, 0.1) is 5.92 Å². The van der Waals surface area contributed by atoms with Crippen molar-refractivity contribution in [1.82, 2.24) is 15.5 Å². The lowest BCUT2D eigenvalue weighted by Crippen LogP contribution is -2.30. The van der Waals surface area contributed by atoms with Crippen LogP contribution in [-0.2, 0) is 4.74 Å². The predicted molar refractivity (Wildman–Crippen MR) is 68.5 cm³/mol. The van der Waals surface area contributed by atoms with Crippen LogP contribution in [0.15, 0.2) is 4.52 Å². The quantitative estimate of drug-likeness (QED) is 0.888. The molecular weight excluding hydrogens is 242 g/mol. The Morgan fingerprint density at radius 2 is 2.05 bits per heavy atom. The van der Waals surface area contributed by atoms with Crippen molar-refractivity contribution >= 4 is 0 Å². The summed E-state index contributed by atoms with van der Waals surface area (Å²) in [5.74, 6) is 2.31. The predicted octanol–water partition coefficient (Wildman–Crippen LogP) is 2.51. The number of hydrogen-bond donors (Lipinski definition) is 1. The molecule has 0 spiro atoms. The van der Waals surface area contributed by atoms with Crippen molar-refractivity contribution in [2.75, 3.05) is 6.61 Å². The monoisotopic (exact) mass is 263 g/mol. The van der Waals surface area contributed by atoms with E-state index in [1.807, 2.05) is 0 Å². The average Bonchev–Trinajstić information content (AvgIpc) is 3.17. The number of ether oxygens (including phenoxy) is 1. The van der Waals surface area contributed by atoms with Crippen molar-refractivity contribution < 1.29 is 9.26 Å². The summed E-state index contributed by atoms with van der Waals surface area (Å²) in [4.78, 5) is 4.57. The molecule has 5 heteroatoms. The zero-order valence-corrected chi connectivity index (χ0v) is 11.2. The van der Waals surface area contributed by atoms with E-state index in [0.717, 1.165) is 43.5 Å². The summed E-state index contributed by atoms with van der Waals surface area (Å²) in [5, 5.41) is 7.79. The molecule has 1 aromatic rings. The molecule has 19 heavy (non-hydrogen) atoms. The molecule has 3 aliphatic rings. The van der Waals surface area contributed by atoms with E-state index in [9.17, 15) is 0 Å². The Morgan fingerprint density at radius 1 is 1.11 bits per heavy atom. The molecule has 0 radical (unpaired) electrons. The number of aromatic nitrogens is 2. The van der Waals surface area contributed by atoms with Gasteiger partial charge in [-0.3, -0.25) is 0 Å². The van der Waals surface area contributed by atoms with Gasteiger partial charge < -0.3 is 14.6 Å². The standard InChI is InChI=1S/C14H21N3O2/c1-2-5-10-9(4-1)8-11(15-10)14-16-13(17-19-14)12-6-3-7-18-12/h9-12,15H,1-8H2. The maximum atomic E-state index is 5.60. The minimum Gasteiger partial charge on any atom is -0.370 e. The Morgan fingerprint density at radius 3 is 2.89 bits per heavy atom. The molecule has 0 amide bonds. The molecule has 2 saturated heterocycles. The molecule has 4 unspecified atom stereocenters. The molecule has 0 aromatic carbocycles. The van der Waals surface area contributed by atoms with Gasteiger partial charge in [0.15, 0.2) is 0 Å². The van der Waals surface area contributed by atoms with Crippen LogP contribution in [0.1, 0.15) is 68.8 Å². The average molecular weight is 263 g/mol. The Kier molecular flexibility index (Phi) is 3.04. The highest BCUT2D eigenvalue weighted by molar-refractivity contribution is 5.03. The summed E-state index contributed by atoms with van der Waals surface area (Å²) in [6.45, 7) is 0.820. The van der Waals surface area contributed by atoms with Crippen molar-refractivity contribution in [3.05, 3.63) is 11.7 Å². The van der Waals surface area contributed by atoms with E-state index >= 15 is 0 Å². The van der Waals surface area contributed by atoms with E-state index in [-0.39, 0.29) is 12.1 Å². The zero-order chi connectivity index (χ0) is 12.7. The van der Waals surface area contributed by atoms with Crippen molar-refractivity contribution in [3.8, 4) is 0 Å². The first kappa shape index (κ1) is 11.9. The number of nitrogens with zero attached hydrogens (tertiary/aromatic N) is 2.